The number of hydrogen-bond acceptors (Lipinski definition) is 8. The van der Waals surface area contributed by atoms with Gasteiger partial charge in [0.25, 0.3) is 0 Å². The van der Waals surface area contributed by atoms with Crippen LogP contribution in [-0.4, -0.2) is 66.1 Å². The molecular weight excluding hydrogens is 777 g/mol. The van der Waals surface area contributed by atoms with Crippen molar-refractivity contribution in [3.8, 4) is 30.6 Å². The Morgan fingerprint density at radius 1 is 0.362 bits per heavy atom. The Morgan fingerprint density at radius 2 is 0.724 bits per heavy atom. The van der Waals surface area contributed by atoms with Crippen LogP contribution < -0.4 is 0 Å². The molecule has 0 aliphatic heterocycles. The first-order valence-electron chi connectivity index (χ1n) is 20.5. The fourth-order valence-electron chi connectivity index (χ4n) is 6.06. The van der Waals surface area contributed by atoms with Gasteiger partial charge in [0.1, 0.15) is 0 Å². The predicted octanol–water partition coefficient (Wildman–Crippen LogP) is 13.2. The predicted molar refractivity (Wildman–Crippen MR) is 249 cm³/mol. The molecule has 0 bridgehead atoms. The maximum absolute atomic E-state index is 5.76. The molecule has 0 unspecified atom stereocenters. The standard InChI is InChI=1S/C50H56O5S3/c1-3-5-30-52-35-36-53-31-28-45-22-24-47(56-45)43-18-14-41(15-19-43)12-10-39-6-8-40(9-7-39)11-13-42-16-20-44(21-17-42)48-26-27-50(58-48)49-25-23-46(57-49)29-32-54-37-38-55-34-33-51-4-2/h6-27H,3-5,28-38H2,1-2H3/b12-10+,13-11+. The second kappa shape index (κ2) is 24.8. The summed E-state index contributed by atoms with van der Waals surface area (Å²) in [5.41, 5.74) is 7.21. The molecule has 3 heterocycles. The van der Waals surface area contributed by atoms with Crippen molar-refractivity contribution in [2.24, 2.45) is 0 Å². The van der Waals surface area contributed by atoms with Crippen LogP contribution in [0.2, 0.25) is 0 Å². The number of rotatable bonds is 26. The highest BCUT2D eigenvalue weighted by Gasteiger charge is 2.09. The van der Waals surface area contributed by atoms with Crippen molar-refractivity contribution in [3.63, 3.8) is 0 Å². The minimum absolute atomic E-state index is 0.606. The first-order valence-corrected chi connectivity index (χ1v) is 22.9. The van der Waals surface area contributed by atoms with Gasteiger partial charge in [-0.25, -0.2) is 0 Å². The molecule has 3 aromatic heterocycles. The van der Waals surface area contributed by atoms with Gasteiger partial charge in [-0.05, 0) is 83.1 Å². The van der Waals surface area contributed by atoms with Crippen LogP contribution in [0.5, 0.6) is 0 Å². The first kappa shape index (κ1) is 43.6. The minimum Gasteiger partial charge on any atom is -0.379 e. The van der Waals surface area contributed by atoms with E-state index in [0.29, 0.717) is 46.2 Å². The van der Waals surface area contributed by atoms with Gasteiger partial charge >= 0.3 is 0 Å². The fourth-order valence-corrected chi connectivity index (χ4v) is 9.14. The lowest BCUT2D eigenvalue weighted by molar-refractivity contribution is 0.0176. The maximum Gasteiger partial charge on any atom is 0.0701 e. The molecular formula is C50H56O5S3. The summed E-state index contributed by atoms with van der Waals surface area (Å²) < 4.78 is 27.9. The monoisotopic (exact) mass is 832 g/mol. The molecule has 0 atom stereocenters. The SMILES string of the molecule is CCCCOCCOCCc1ccc(-c2ccc(/C=C/c3ccc(/C=C/c4ccc(-c5ccc(-c6ccc(CCOCCOCCOCC)s6)s5)cc4)cc3)cc2)s1. The van der Waals surface area contributed by atoms with Crippen LogP contribution >= 0.6 is 34.0 Å². The van der Waals surface area contributed by atoms with E-state index in [-0.39, 0.29) is 0 Å². The van der Waals surface area contributed by atoms with Gasteiger partial charge < -0.3 is 23.7 Å². The summed E-state index contributed by atoms with van der Waals surface area (Å²) in [7, 11) is 0. The Hall–Kier alpha value is -3.96. The van der Waals surface area contributed by atoms with Crippen molar-refractivity contribution in [1.82, 2.24) is 0 Å². The Bertz CT molecular complexity index is 2090. The molecule has 0 saturated heterocycles. The fraction of sp³-hybridized carbons (Fsp3) is 0.320. The third-order valence-corrected chi connectivity index (χ3v) is 13.1. The van der Waals surface area contributed by atoms with Crippen molar-refractivity contribution >= 4 is 58.3 Å². The summed E-state index contributed by atoms with van der Waals surface area (Å²) in [6.07, 6.45) is 12.8. The zero-order valence-electron chi connectivity index (χ0n) is 33.9. The van der Waals surface area contributed by atoms with Gasteiger partial charge in [-0.3, -0.25) is 0 Å². The Kier molecular flexibility index (Phi) is 18.7. The third-order valence-electron chi connectivity index (χ3n) is 9.38. The number of thiophene rings is 3. The van der Waals surface area contributed by atoms with E-state index >= 15 is 0 Å². The summed E-state index contributed by atoms with van der Waals surface area (Å²) in [6.45, 7) is 11.0. The Labute approximate surface area is 357 Å². The molecule has 0 radical (unpaired) electrons. The number of unbranched alkanes of at least 4 members (excludes halogenated alkanes) is 1. The molecule has 0 N–H and O–H groups in total. The van der Waals surface area contributed by atoms with E-state index in [0.717, 1.165) is 45.5 Å². The second-order valence-corrected chi connectivity index (χ2v) is 17.2. The molecule has 304 valence electrons. The molecule has 0 spiro atoms. The average molecular weight is 833 g/mol. The van der Waals surface area contributed by atoms with Gasteiger partial charge in [-0.1, -0.05) is 110 Å². The third kappa shape index (κ3) is 14.7. The second-order valence-electron chi connectivity index (χ2n) is 13.8. The Morgan fingerprint density at radius 3 is 1.22 bits per heavy atom. The van der Waals surface area contributed by atoms with Gasteiger partial charge in [0.05, 0.1) is 52.9 Å². The van der Waals surface area contributed by atoms with E-state index in [9.17, 15) is 0 Å². The van der Waals surface area contributed by atoms with E-state index in [1.54, 1.807) is 0 Å². The van der Waals surface area contributed by atoms with Gasteiger partial charge in [0, 0.05) is 55.3 Å². The summed E-state index contributed by atoms with van der Waals surface area (Å²) in [6, 6.07) is 39.7. The molecule has 5 nitrogen and oxygen atoms in total. The average Bonchev–Trinajstić information content (AvgIpc) is 4.06. The molecule has 0 saturated carbocycles. The molecule has 0 aliphatic rings. The van der Waals surface area contributed by atoms with Crippen LogP contribution in [0, 0.1) is 0 Å². The van der Waals surface area contributed by atoms with Crippen LogP contribution in [-0.2, 0) is 36.5 Å². The quantitative estimate of drug-likeness (QED) is 0.0402. The number of ether oxygens (including phenoxy) is 5. The van der Waals surface area contributed by atoms with Crippen molar-refractivity contribution in [2.45, 2.75) is 39.5 Å². The van der Waals surface area contributed by atoms with Crippen molar-refractivity contribution in [2.75, 3.05) is 66.1 Å². The van der Waals surface area contributed by atoms with E-state index in [2.05, 4.69) is 140 Å². The summed E-state index contributed by atoms with van der Waals surface area (Å²) in [4.78, 5) is 7.87. The van der Waals surface area contributed by atoms with Crippen molar-refractivity contribution in [1.29, 1.82) is 0 Å². The minimum atomic E-state index is 0.606. The lowest BCUT2D eigenvalue weighted by Crippen LogP contribution is -2.10. The van der Waals surface area contributed by atoms with Crippen molar-refractivity contribution in [3.05, 3.63) is 141 Å². The lowest BCUT2D eigenvalue weighted by Gasteiger charge is -2.05. The number of benzene rings is 3. The van der Waals surface area contributed by atoms with Crippen molar-refractivity contribution < 1.29 is 23.7 Å². The highest BCUT2D eigenvalue weighted by Crippen LogP contribution is 2.38. The zero-order valence-corrected chi connectivity index (χ0v) is 36.3. The summed E-state index contributed by atoms with van der Waals surface area (Å²) in [5.74, 6) is 0. The van der Waals surface area contributed by atoms with E-state index in [1.165, 1.54) is 62.6 Å². The molecule has 0 fully saturated rings. The molecule has 6 rings (SSSR count). The molecule has 58 heavy (non-hydrogen) atoms. The smallest absolute Gasteiger partial charge is 0.0701 e. The van der Waals surface area contributed by atoms with Crippen LogP contribution in [0.1, 0.15) is 58.7 Å². The first-order chi connectivity index (χ1) is 28.7. The van der Waals surface area contributed by atoms with Crippen LogP contribution in [0.25, 0.3) is 54.9 Å². The molecule has 6 aromatic rings. The highest BCUT2D eigenvalue weighted by atomic mass is 32.1. The van der Waals surface area contributed by atoms with E-state index in [4.69, 9.17) is 23.7 Å². The highest BCUT2D eigenvalue weighted by molar-refractivity contribution is 7.23. The summed E-state index contributed by atoms with van der Waals surface area (Å²) in [5, 5.41) is 0. The summed E-state index contributed by atoms with van der Waals surface area (Å²) >= 11 is 5.54. The van der Waals surface area contributed by atoms with Gasteiger partial charge in [-0.15, -0.1) is 34.0 Å². The van der Waals surface area contributed by atoms with Gasteiger partial charge in [0.2, 0.25) is 0 Å². The van der Waals surface area contributed by atoms with Gasteiger partial charge in [0.15, 0.2) is 0 Å². The van der Waals surface area contributed by atoms with E-state index < -0.39 is 0 Å². The molecule has 8 heteroatoms. The lowest BCUT2D eigenvalue weighted by atomic mass is 10.1. The Balaban J connectivity index is 0.910. The molecule has 3 aromatic carbocycles. The molecule has 0 aliphatic carbocycles. The van der Waals surface area contributed by atoms with Crippen LogP contribution in [0.15, 0.2) is 109 Å². The van der Waals surface area contributed by atoms with Gasteiger partial charge in [-0.2, -0.15) is 0 Å². The molecule has 0 amide bonds. The van der Waals surface area contributed by atoms with Crippen LogP contribution in [0.3, 0.4) is 0 Å². The normalized spacial score (nSPS) is 11.8. The number of hydrogen-bond donors (Lipinski definition) is 0. The van der Waals surface area contributed by atoms with Crippen LogP contribution in [0.4, 0.5) is 0 Å². The largest absolute Gasteiger partial charge is 0.379 e. The topological polar surface area (TPSA) is 46.2 Å². The van der Waals surface area contributed by atoms with E-state index in [1.807, 2.05) is 40.9 Å². The maximum atomic E-state index is 5.76. The zero-order chi connectivity index (χ0) is 40.0.